The van der Waals surface area contributed by atoms with Gasteiger partial charge in [0.2, 0.25) is 11.6 Å². The maximum absolute atomic E-state index is 12.5. The molecule has 0 saturated heterocycles. The van der Waals surface area contributed by atoms with Gasteiger partial charge in [0.1, 0.15) is 11.4 Å². The summed E-state index contributed by atoms with van der Waals surface area (Å²) in [6.07, 6.45) is 4.79. The molecule has 1 aromatic carbocycles. The van der Waals surface area contributed by atoms with Gasteiger partial charge in [-0.15, -0.1) is 0 Å². The van der Waals surface area contributed by atoms with Crippen molar-refractivity contribution in [3.05, 3.63) is 64.3 Å². The third kappa shape index (κ3) is 2.99. The van der Waals surface area contributed by atoms with E-state index < -0.39 is 17.2 Å². The van der Waals surface area contributed by atoms with Crippen LogP contribution in [-0.2, 0) is 9.53 Å². The first-order chi connectivity index (χ1) is 11.7. The molecule has 3 rings (SSSR count). The fourth-order valence-electron chi connectivity index (χ4n) is 3.66. The normalized spacial score (nSPS) is 26.0. The molecule has 0 spiro atoms. The standard InChI is InChI=1S/C22H24O3/c1-13(2)10-14(3)12-22(5)15(4)11-18-20(24)19(23)16-8-6-7-9-17(16)21(18)25-22/h6-10,12,15H,11H2,1-5H3. The highest BCUT2D eigenvalue weighted by molar-refractivity contribution is 6.52. The molecule has 0 fully saturated rings. The molecule has 1 aliphatic heterocycles. The molecule has 0 amide bonds. The first-order valence-corrected chi connectivity index (χ1v) is 8.68. The van der Waals surface area contributed by atoms with E-state index in [-0.39, 0.29) is 5.92 Å². The van der Waals surface area contributed by atoms with Gasteiger partial charge < -0.3 is 4.74 Å². The Balaban J connectivity index is 2.10. The smallest absolute Gasteiger partial charge is 0.234 e. The van der Waals surface area contributed by atoms with E-state index in [1.54, 1.807) is 12.1 Å². The Morgan fingerprint density at radius 1 is 1.12 bits per heavy atom. The maximum Gasteiger partial charge on any atom is 0.234 e. The fourth-order valence-corrected chi connectivity index (χ4v) is 3.66. The second-order valence-electron chi connectivity index (χ2n) is 7.51. The number of Topliss-reactive ketones (excluding diaryl/α,β-unsaturated/α-hetero) is 2. The lowest BCUT2D eigenvalue weighted by Gasteiger charge is -2.41. The number of ether oxygens (including phenoxy) is 1. The Morgan fingerprint density at radius 3 is 2.40 bits per heavy atom. The molecule has 2 atom stereocenters. The minimum atomic E-state index is -0.525. The van der Waals surface area contributed by atoms with Crippen LogP contribution in [0.15, 0.2) is 53.1 Å². The van der Waals surface area contributed by atoms with Crippen molar-refractivity contribution in [1.82, 2.24) is 0 Å². The zero-order valence-corrected chi connectivity index (χ0v) is 15.5. The zero-order valence-electron chi connectivity index (χ0n) is 15.5. The van der Waals surface area contributed by atoms with Gasteiger partial charge in [-0.05, 0) is 40.2 Å². The van der Waals surface area contributed by atoms with E-state index in [9.17, 15) is 9.59 Å². The van der Waals surface area contributed by atoms with Crippen molar-refractivity contribution in [3.63, 3.8) is 0 Å². The zero-order chi connectivity index (χ0) is 18.4. The SMILES string of the molecule is CC(C)=CC(C)=CC1(C)OC2=C(CC1C)C(=O)C(=O)c1ccccc12. The molecule has 3 heteroatoms. The van der Waals surface area contributed by atoms with Gasteiger partial charge in [0.15, 0.2) is 0 Å². The minimum Gasteiger partial charge on any atom is -0.482 e. The Kier molecular flexibility index (Phi) is 4.28. The van der Waals surface area contributed by atoms with Crippen molar-refractivity contribution < 1.29 is 14.3 Å². The lowest BCUT2D eigenvalue weighted by Crippen LogP contribution is -2.41. The second kappa shape index (κ2) is 6.14. The quantitative estimate of drug-likeness (QED) is 0.570. The largest absolute Gasteiger partial charge is 0.482 e. The molecule has 1 aliphatic carbocycles. The van der Waals surface area contributed by atoms with Crippen molar-refractivity contribution >= 4 is 17.3 Å². The summed E-state index contributed by atoms with van der Waals surface area (Å²) in [5.74, 6) is -0.187. The number of ketones is 2. The van der Waals surface area contributed by atoms with Gasteiger partial charge in [0, 0.05) is 22.6 Å². The third-order valence-electron chi connectivity index (χ3n) is 5.01. The highest BCUT2D eigenvalue weighted by atomic mass is 16.5. The number of carbonyl (C=O) groups excluding carboxylic acids is 2. The molecule has 0 radical (unpaired) electrons. The maximum atomic E-state index is 12.5. The van der Waals surface area contributed by atoms with Gasteiger partial charge in [0.05, 0.1) is 0 Å². The molecule has 2 aliphatic rings. The molecule has 1 aromatic rings. The van der Waals surface area contributed by atoms with E-state index in [4.69, 9.17) is 4.74 Å². The summed E-state index contributed by atoms with van der Waals surface area (Å²) < 4.78 is 6.39. The summed E-state index contributed by atoms with van der Waals surface area (Å²) >= 11 is 0. The number of carbonyl (C=O) groups is 2. The predicted octanol–water partition coefficient (Wildman–Crippen LogP) is 4.89. The Bertz CT molecular complexity index is 850. The molecule has 25 heavy (non-hydrogen) atoms. The predicted molar refractivity (Wildman–Crippen MR) is 99.2 cm³/mol. The van der Waals surface area contributed by atoms with Crippen LogP contribution in [-0.4, -0.2) is 17.2 Å². The van der Waals surface area contributed by atoms with Crippen LogP contribution in [0.5, 0.6) is 0 Å². The van der Waals surface area contributed by atoms with Crippen LogP contribution < -0.4 is 0 Å². The van der Waals surface area contributed by atoms with E-state index in [1.807, 2.05) is 19.1 Å². The van der Waals surface area contributed by atoms with E-state index in [0.717, 1.165) is 11.1 Å². The van der Waals surface area contributed by atoms with Crippen molar-refractivity contribution in [2.75, 3.05) is 0 Å². The summed E-state index contributed by atoms with van der Waals surface area (Å²) in [6.45, 7) is 10.3. The lowest BCUT2D eigenvalue weighted by molar-refractivity contribution is -0.112. The first-order valence-electron chi connectivity index (χ1n) is 8.68. The average molecular weight is 336 g/mol. The molecule has 0 aromatic heterocycles. The van der Waals surface area contributed by atoms with Crippen molar-refractivity contribution in [2.45, 2.75) is 46.6 Å². The summed E-state index contributed by atoms with van der Waals surface area (Å²) in [5, 5.41) is 0. The Morgan fingerprint density at radius 2 is 1.76 bits per heavy atom. The number of allylic oxidation sites excluding steroid dienone is 4. The van der Waals surface area contributed by atoms with Gasteiger partial charge >= 0.3 is 0 Å². The van der Waals surface area contributed by atoms with E-state index in [2.05, 4.69) is 39.8 Å². The van der Waals surface area contributed by atoms with Gasteiger partial charge in [-0.1, -0.05) is 48.4 Å². The molecule has 0 bridgehead atoms. The fraction of sp³-hybridized carbons (Fsp3) is 0.364. The molecular formula is C22H24O3. The van der Waals surface area contributed by atoms with Gasteiger partial charge in [-0.25, -0.2) is 0 Å². The van der Waals surface area contributed by atoms with Gasteiger partial charge in [-0.3, -0.25) is 9.59 Å². The Hall–Kier alpha value is -2.42. The van der Waals surface area contributed by atoms with Gasteiger partial charge in [0.25, 0.3) is 0 Å². The summed E-state index contributed by atoms with van der Waals surface area (Å²) in [4.78, 5) is 24.9. The monoisotopic (exact) mass is 336 g/mol. The number of fused-ring (bicyclic) bond motifs is 2. The highest BCUT2D eigenvalue weighted by Gasteiger charge is 2.44. The van der Waals surface area contributed by atoms with Crippen LogP contribution in [0.1, 0.15) is 57.0 Å². The summed E-state index contributed by atoms with van der Waals surface area (Å²) in [7, 11) is 0. The molecule has 130 valence electrons. The van der Waals surface area contributed by atoms with Crippen LogP contribution in [0.3, 0.4) is 0 Å². The lowest BCUT2D eigenvalue weighted by atomic mass is 9.76. The second-order valence-corrected chi connectivity index (χ2v) is 7.51. The Labute approximate surface area is 149 Å². The minimum absolute atomic E-state index is 0.0915. The number of benzene rings is 1. The summed E-state index contributed by atoms with van der Waals surface area (Å²) in [5.41, 5.74) is 3.51. The van der Waals surface area contributed by atoms with Gasteiger partial charge in [-0.2, -0.15) is 0 Å². The topological polar surface area (TPSA) is 43.4 Å². The molecule has 0 saturated carbocycles. The van der Waals surface area contributed by atoms with Crippen LogP contribution in [0.25, 0.3) is 5.76 Å². The van der Waals surface area contributed by atoms with Crippen LogP contribution in [0.4, 0.5) is 0 Å². The van der Waals surface area contributed by atoms with E-state index in [1.165, 1.54) is 5.57 Å². The molecule has 3 nitrogen and oxygen atoms in total. The third-order valence-corrected chi connectivity index (χ3v) is 5.01. The highest BCUT2D eigenvalue weighted by Crippen LogP contribution is 2.45. The van der Waals surface area contributed by atoms with Crippen molar-refractivity contribution in [2.24, 2.45) is 5.92 Å². The van der Waals surface area contributed by atoms with Crippen molar-refractivity contribution in [1.29, 1.82) is 0 Å². The summed E-state index contributed by atoms with van der Waals surface area (Å²) in [6, 6.07) is 7.20. The number of rotatable bonds is 2. The van der Waals surface area contributed by atoms with Crippen LogP contribution in [0, 0.1) is 5.92 Å². The van der Waals surface area contributed by atoms with E-state index in [0.29, 0.717) is 23.3 Å². The molecule has 0 N–H and O–H groups in total. The molecular weight excluding hydrogens is 312 g/mol. The van der Waals surface area contributed by atoms with E-state index >= 15 is 0 Å². The number of hydrogen-bond acceptors (Lipinski definition) is 3. The molecule has 2 unspecified atom stereocenters. The average Bonchev–Trinajstić information content (AvgIpc) is 2.54. The first kappa shape index (κ1) is 17.4. The molecule has 1 heterocycles. The van der Waals surface area contributed by atoms with Crippen molar-refractivity contribution in [3.8, 4) is 0 Å². The number of hydrogen-bond donors (Lipinski definition) is 0. The van der Waals surface area contributed by atoms with Crippen LogP contribution in [0.2, 0.25) is 0 Å². The van der Waals surface area contributed by atoms with Crippen LogP contribution >= 0.6 is 0 Å².